The van der Waals surface area contributed by atoms with E-state index in [-0.39, 0.29) is 17.9 Å². The number of likely N-dealkylation sites (tertiary alicyclic amines) is 1. The molecule has 0 spiro atoms. The Kier molecular flexibility index (Phi) is 5.67. The van der Waals surface area contributed by atoms with Crippen molar-refractivity contribution in [1.82, 2.24) is 10.2 Å². The zero-order valence-corrected chi connectivity index (χ0v) is 20.1. The molecule has 2 aliphatic heterocycles. The number of nitrogens with one attached hydrogen (secondary N) is 1. The molecule has 3 atom stereocenters. The molecule has 6 heteroatoms. The molecule has 2 heterocycles. The molecule has 2 fully saturated rings. The Balaban J connectivity index is 1.53. The second-order valence-electron chi connectivity index (χ2n) is 9.90. The van der Waals surface area contributed by atoms with Crippen molar-refractivity contribution in [3.63, 3.8) is 0 Å². The van der Waals surface area contributed by atoms with Gasteiger partial charge < -0.3 is 15.0 Å². The van der Waals surface area contributed by atoms with Gasteiger partial charge in [0.1, 0.15) is 11.9 Å². The van der Waals surface area contributed by atoms with Crippen LogP contribution in [0.3, 0.4) is 0 Å². The van der Waals surface area contributed by atoms with Gasteiger partial charge in [-0.3, -0.25) is 9.59 Å². The van der Waals surface area contributed by atoms with Crippen LogP contribution in [-0.4, -0.2) is 28.8 Å². The lowest BCUT2D eigenvalue weighted by atomic mass is 9.83. The summed E-state index contributed by atoms with van der Waals surface area (Å²) in [7, 11) is 0. The average molecular weight is 469 g/mol. The fourth-order valence-electron chi connectivity index (χ4n) is 5.38. The maximum absolute atomic E-state index is 13.8. The molecule has 0 aliphatic carbocycles. The third-order valence-electron chi connectivity index (χ3n) is 7.03. The van der Waals surface area contributed by atoms with E-state index in [1.807, 2.05) is 69.3 Å². The summed E-state index contributed by atoms with van der Waals surface area (Å²) in [6, 6.07) is 21.7. The highest BCUT2D eigenvalue weighted by atomic mass is 16.5. The first-order valence-electron chi connectivity index (χ1n) is 11.8. The fraction of sp³-hybridized carbons (Fsp3) is 0.276. The van der Waals surface area contributed by atoms with Crippen molar-refractivity contribution >= 4 is 17.8 Å². The number of rotatable bonds is 4. The first kappa shape index (κ1) is 22.8. The van der Waals surface area contributed by atoms with Crippen LogP contribution >= 0.6 is 0 Å². The highest BCUT2D eigenvalue weighted by molar-refractivity contribution is 5.96. The van der Waals surface area contributed by atoms with Gasteiger partial charge >= 0.3 is 5.97 Å². The summed E-state index contributed by atoms with van der Waals surface area (Å²) in [5.41, 5.74) is 3.31. The minimum absolute atomic E-state index is 0.0582. The predicted octanol–water partition coefficient (Wildman–Crippen LogP) is 4.96. The molecular weight excluding hydrogens is 440 g/mol. The number of amides is 2. The molecule has 0 bridgehead atoms. The molecule has 3 aromatic carbocycles. The highest BCUT2D eigenvalue weighted by Crippen LogP contribution is 2.53. The average Bonchev–Trinajstić information content (AvgIpc) is 3.27. The SMILES string of the molecule is Cc1cccc(C(=O)Oc2ccccc2[C@H]2C[C@]3(C)CC(=O)N[C@@H]3N2C(=O)c2cccc(C)c2)c1. The summed E-state index contributed by atoms with van der Waals surface area (Å²) in [5, 5.41) is 3.02. The number of ether oxygens (including phenoxy) is 1. The van der Waals surface area contributed by atoms with Crippen LogP contribution < -0.4 is 10.1 Å². The molecule has 2 aliphatic rings. The van der Waals surface area contributed by atoms with Gasteiger partial charge in [0, 0.05) is 23.0 Å². The van der Waals surface area contributed by atoms with Crippen LogP contribution in [0.5, 0.6) is 5.75 Å². The number of aryl methyl sites for hydroxylation is 2. The van der Waals surface area contributed by atoms with Crippen molar-refractivity contribution < 1.29 is 19.1 Å². The molecule has 178 valence electrons. The van der Waals surface area contributed by atoms with E-state index in [1.54, 1.807) is 29.2 Å². The van der Waals surface area contributed by atoms with Crippen LogP contribution in [0.25, 0.3) is 0 Å². The van der Waals surface area contributed by atoms with E-state index in [9.17, 15) is 14.4 Å². The fourth-order valence-corrected chi connectivity index (χ4v) is 5.38. The van der Waals surface area contributed by atoms with Crippen LogP contribution in [0.15, 0.2) is 72.8 Å². The Morgan fingerprint density at radius 3 is 2.31 bits per heavy atom. The number of hydrogen-bond donors (Lipinski definition) is 1. The Labute approximate surface area is 204 Å². The van der Waals surface area contributed by atoms with Gasteiger partial charge in [-0.1, -0.05) is 60.5 Å². The highest BCUT2D eigenvalue weighted by Gasteiger charge is 2.57. The summed E-state index contributed by atoms with van der Waals surface area (Å²) in [4.78, 5) is 40.9. The van der Waals surface area contributed by atoms with Crippen molar-refractivity contribution in [3.8, 4) is 5.75 Å². The maximum atomic E-state index is 13.8. The quantitative estimate of drug-likeness (QED) is 0.434. The summed E-state index contributed by atoms with van der Waals surface area (Å²) in [5.74, 6) is -0.247. The second kappa shape index (κ2) is 8.69. The van der Waals surface area contributed by atoms with Crippen LogP contribution in [0.2, 0.25) is 0 Å². The normalized spacial score (nSPS) is 23.1. The lowest BCUT2D eigenvalue weighted by Crippen LogP contribution is -2.47. The van der Waals surface area contributed by atoms with Crippen LogP contribution in [-0.2, 0) is 4.79 Å². The minimum Gasteiger partial charge on any atom is -0.423 e. The van der Waals surface area contributed by atoms with Gasteiger partial charge in [0.05, 0.1) is 11.6 Å². The Bertz CT molecular complexity index is 1330. The van der Waals surface area contributed by atoms with E-state index in [4.69, 9.17) is 4.74 Å². The zero-order valence-electron chi connectivity index (χ0n) is 20.1. The largest absolute Gasteiger partial charge is 0.423 e. The van der Waals surface area contributed by atoms with Gasteiger partial charge in [0.15, 0.2) is 0 Å². The van der Waals surface area contributed by atoms with Gasteiger partial charge in [-0.05, 0) is 50.6 Å². The monoisotopic (exact) mass is 468 g/mol. The van der Waals surface area contributed by atoms with Gasteiger partial charge in [-0.15, -0.1) is 0 Å². The number of esters is 1. The number of nitrogens with zero attached hydrogens (tertiary/aromatic N) is 1. The first-order chi connectivity index (χ1) is 16.7. The minimum atomic E-state index is -0.449. The van der Waals surface area contributed by atoms with Crippen LogP contribution in [0.4, 0.5) is 0 Å². The molecule has 2 amide bonds. The number of fused-ring (bicyclic) bond motifs is 1. The Morgan fingerprint density at radius 1 is 0.943 bits per heavy atom. The smallest absolute Gasteiger partial charge is 0.343 e. The molecule has 0 saturated carbocycles. The number of carbonyl (C=O) groups excluding carboxylic acids is 3. The second-order valence-corrected chi connectivity index (χ2v) is 9.90. The lowest BCUT2D eigenvalue weighted by molar-refractivity contribution is -0.120. The molecule has 0 radical (unpaired) electrons. The van der Waals surface area contributed by atoms with E-state index in [0.717, 1.165) is 16.7 Å². The molecule has 1 N–H and O–H groups in total. The number of carbonyl (C=O) groups is 3. The summed E-state index contributed by atoms with van der Waals surface area (Å²) in [6.07, 6.45) is 0.484. The Hall–Kier alpha value is -3.93. The third-order valence-corrected chi connectivity index (χ3v) is 7.03. The van der Waals surface area contributed by atoms with Gasteiger partial charge in [-0.25, -0.2) is 4.79 Å². The number of hydrogen-bond acceptors (Lipinski definition) is 4. The number of para-hydroxylation sites is 1. The molecule has 3 aromatic rings. The molecule has 35 heavy (non-hydrogen) atoms. The van der Waals surface area contributed by atoms with Gasteiger partial charge in [-0.2, -0.15) is 0 Å². The van der Waals surface area contributed by atoms with Crippen LogP contribution in [0, 0.1) is 19.3 Å². The molecular formula is C29H28N2O4. The van der Waals surface area contributed by atoms with Crippen LogP contribution in [0.1, 0.15) is 63.2 Å². The van der Waals surface area contributed by atoms with Crippen molar-refractivity contribution in [2.75, 3.05) is 0 Å². The summed E-state index contributed by atoms with van der Waals surface area (Å²) >= 11 is 0. The van der Waals surface area contributed by atoms with Crippen molar-refractivity contribution in [2.45, 2.75) is 45.8 Å². The number of benzene rings is 3. The van der Waals surface area contributed by atoms with E-state index < -0.39 is 17.6 Å². The maximum Gasteiger partial charge on any atom is 0.343 e. The molecule has 5 rings (SSSR count). The zero-order chi connectivity index (χ0) is 24.7. The molecule has 6 nitrogen and oxygen atoms in total. The lowest BCUT2D eigenvalue weighted by Gasteiger charge is -2.32. The third kappa shape index (κ3) is 4.20. The van der Waals surface area contributed by atoms with Gasteiger partial charge in [0.25, 0.3) is 5.91 Å². The molecule has 2 saturated heterocycles. The Morgan fingerprint density at radius 2 is 1.60 bits per heavy atom. The van der Waals surface area contributed by atoms with Crippen molar-refractivity contribution in [2.24, 2.45) is 5.41 Å². The standard InChI is InChI=1S/C29H28N2O4/c1-18-8-6-10-20(14-18)26(33)31-23(16-29(3)17-25(32)30-28(29)31)22-12-4-5-13-24(22)35-27(34)21-11-7-9-19(2)15-21/h4-15,23,28H,16-17H2,1-3H3,(H,30,32)/t23-,28-,29-/m1/s1. The topological polar surface area (TPSA) is 75.7 Å². The van der Waals surface area contributed by atoms with E-state index in [0.29, 0.717) is 29.7 Å². The van der Waals surface area contributed by atoms with E-state index in [2.05, 4.69) is 5.32 Å². The predicted molar refractivity (Wildman–Crippen MR) is 132 cm³/mol. The van der Waals surface area contributed by atoms with Gasteiger partial charge in [0.2, 0.25) is 5.91 Å². The summed E-state index contributed by atoms with van der Waals surface area (Å²) in [6.45, 7) is 5.90. The van der Waals surface area contributed by atoms with E-state index >= 15 is 0 Å². The van der Waals surface area contributed by atoms with Crippen molar-refractivity contribution in [3.05, 3.63) is 101 Å². The molecule has 0 unspecified atom stereocenters. The van der Waals surface area contributed by atoms with Crippen molar-refractivity contribution in [1.29, 1.82) is 0 Å². The molecule has 0 aromatic heterocycles. The summed E-state index contributed by atoms with van der Waals surface area (Å²) < 4.78 is 5.86. The first-order valence-corrected chi connectivity index (χ1v) is 11.8. The van der Waals surface area contributed by atoms with E-state index in [1.165, 1.54) is 0 Å².